The molecule has 160 valence electrons. The van der Waals surface area contributed by atoms with E-state index in [1.807, 2.05) is 0 Å². The molecule has 2 heterocycles. The minimum Gasteiger partial charge on any atom is -0.323 e. The number of nitrogens with one attached hydrogen (secondary N) is 1. The van der Waals surface area contributed by atoms with E-state index < -0.39 is 17.5 Å². The number of carbonyl (C=O) groups is 1. The molecular weight excluding hydrogens is 428 g/mol. The predicted molar refractivity (Wildman–Crippen MR) is 115 cm³/mol. The van der Waals surface area contributed by atoms with Crippen LogP contribution < -0.4 is 10.9 Å². The van der Waals surface area contributed by atoms with Crippen LogP contribution in [0.5, 0.6) is 0 Å². The van der Waals surface area contributed by atoms with Gasteiger partial charge in [0.25, 0.3) is 5.56 Å². The normalized spacial score (nSPS) is 19.0. The number of anilines is 1. The van der Waals surface area contributed by atoms with Crippen molar-refractivity contribution in [3.8, 4) is 0 Å². The maximum atomic E-state index is 13.8. The van der Waals surface area contributed by atoms with Gasteiger partial charge in [0.1, 0.15) is 11.6 Å². The molecule has 5 nitrogen and oxygen atoms in total. The van der Waals surface area contributed by atoms with Crippen molar-refractivity contribution in [3.05, 3.63) is 45.9 Å². The summed E-state index contributed by atoms with van der Waals surface area (Å²) in [7, 11) is 0. The predicted octanol–water partition coefficient (Wildman–Crippen LogP) is 4.79. The van der Waals surface area contributed by atoms with Crippen molar-refractivity contribution >= 4 is 35.1 Å². The first-order valence-electron chi connectivity index (χ1n) is 10.1. The number of nitrogens with zero attached hydrogens (tertiary/aromatic N) is 2. The van der Waals surface area contributed by atoms with Crippen molar-refractivity contribution in [2.45, 2.75) is 66.8 Å². The topological polar surface area (TPSA) is 64.0 Å². The van der Waals surface area contributed by atoms with Crippen LogP contribution in [0.1, 0.15) is 50.8 Å². The molecule has 0 saturated heterocycles. The molecule has 2 aromatic rings. The maximum absolute atomic E-state index is 13.8. The number of hydrogen-bond acceptors (Lipinski definition) is 5. The average Bonchev–Trinajstić information content (AvgIpc) is 3.10. The second kappa shape index (κ2) is 9.09. The van der Waals surface area contributed by atoms with Crippen LogP contribution in [0.3, 0.4) is 0 Å². The number of rotatable bonds is 5. The Bertz CT molecular complexity index is 1020. The van der Waals surface area contributed by atoms with Gasteiger partial charge in [0.05, 0.1) is 22.0 Å². The van der Waals surface area contributed by atoms with E-state index in [0.717, 1.165) is 54.8 Å². The van der Waals surface area contributed by atoms with Crippen LogP contribution in [-0.4, -0.2) is 26.5 Å². The minimum atomic E-state index is -0.825. The van der Waals surface area contributed by atoms with Gasteiger partial charge in [-0.05, 0) is 25.0 Å². The van der Waals surface area contributed by atoms with E-state index in [1.165, 1.54) is 24.2 Å². The highest BCUT2D eigenvalue weighted by Crippen LogP contribution is 2.37. The second-order valence-electron chi connectivity index (χ2n) is 7.73. The van der Waals surface area contributed by atoms with Crippen LogP contribution in [0, 0.1) is 11.6 Å². The molecule has 1 saturated carbocycles. The van der Waals surface area contributed by atoms with Crippen LogP contribution in [0.2, 0.25) is 0 Å². The quantitative estimate of drug-likeness (QED) is 0.523. The Morgan fingerprint density at radius 2 is 2.07 bits per heavy atom. The van der Waals surface area contributed by atoms with Gasteiger partial charge in [0.15, 0.2) is 5.16 Å². The van der Waals surface area contributed by atoms with E-state index in [-0.39, 0.29) is 23.0 Å². The first-order valence-corrected chi connectivity index (χ1v) is 12.0. The maximum Gasteiger partial charge on any atom is 0.268 e. The van der Waals surface area contributed by atoms with Crippen molar-refractivity contribution in [3.63, 3.8) is 0 Å². The first-order chi connectivity index (χ1) is 14.4. The highest BCUT2D eigenvalue weighted by molar-refractivity contribution is 8.00. The fraction of sp³-hybridized carbons (Fsp3) is 0.476. The van der Waals surface area contributed by atoms with E-state index in [2.05, 4.69) is 12.2 Å². The lowest BCUT2D eigenvalue weighted by Gasteiger charge is -2.26. The van der Waals surface area contributed by atoms with Gasteiger partial charge in [0, 0.05) is 23.8 Å². The molecule has 1 aromatic heterocycles. The van der Waals surface area contributed by atoms with Crippen molar-refractivity contribution in [2.24, 2.45) is 0 Å². The molecular formula is C21H23F2N3O2S2. The lowest BCUT2D eigenvalue weighted by molar-refractivity contribution is -0.113. The Morgan fingerprint density at radius 1 is 1.30 bits per heavy atom. The molecule has 1 aromatic carbocycles. The summed E-state index contributed by atoms with van der Waals surface area (Å²) in [6.45, 7) is 2.08. The second-order valence-corrected chi connectivity index (χ2v) is 10.1. The molecule has 2 aliphatic rings. The molecule has 1 unspecified atom stereocenters. The Hall–Kier alpha value is -1.87. The smallest absolute Gasteiger partial charge is 0.268 e. The molecule has 30 heavy (non-hydrogen) atoms. The molecule has 0 radical (unpaired) electrons. The molecule has 1 amide bonds. The average molecular weight is 452 g/mol. The van der Waals surface area contributed by atoms with E-state index in [9.17, 15) is 18.4 Å². The number of thioether (sulfide) groups is 2. The van der Waals surface area contributed by atoms with Gasteiger partial charge in [-0.15, -0.1) is 11.8 Å². The summed E-state index contributed by atoms with van der Waals surface area (Å²) in [5, 5.41) is 3.32. The van der Waals surface area contributed by atoms with Crippen molar-refractivity contribution in [1.29, 1.82) is 0 Å². The van der Waals surface area contributed by atoms with E-state index in [1.54, 1.807) is 16.3 Å². The number of halogens is 2. The Balaban J connectivity index is 1.55. The van der Waals surface area contributed by atoms with Crippen molar-refractivity contribution < 1.29 is 13.6 Å². The van der Waals surface area contributed by atoms with Crippen LogP contribution in [0.4, 0.5) is 14.5 Å². The standard InChI is InChI=1S/C21H23F2N3O2S2/c1-12-9-17-19(30-12)20(28)26(14-5-3-2-4-6-14)21(25-17)29-11-18(27)24-16-8-7-13(22)10-15(16)23/h7-8,10,12,14H,2-6,9,11H2,1H3,(H,24,27). The number of fused-ring (bicyclic) bond motifs is 1. The van der Waals surface area contributed by atoms with Crippen LogP contribution in [-0.2, 0) is 11.2 Å². The summed E-state index contributed by atoms with van der Waals surface area (Å²) in [5.74, 6) is -1.98. The minimum absolute atomic E-state index is 0.00580. The van der Waals surface area contributed by atoms with Gasteiger partial charge in [-0.2, -0.15) is 0 Å². The molecule has 0 bridgehead atoms. The third-order valence-electron chi connectivity index (χ3n) is 5.39. The lowest BCUT2D eigenvalue weighted by atomic mass is 9.95. The molecule has 1 aliphatic carbocycles. The fourth-order valence-corrected chi connectivity index (χ4v) is 5.97. The number of amides is 1. The van der Waals surface area contributed by atoms with Gasteiger partial charge in [-0.25, -0.2) is 13.8 Å². The molecule has 1 N–H and O–H groups in total. The van der Waals surface area contributed by atoms with Gasteiger partial charge in [-0.3, -0.25) is 14.2 Å². The molecule has 1 fully saturated rings. The summed E-state index contributed by atoms with van der Waals surface area (Å²) < 4.78 is 28.6. The zero-order valence-corrected chi connectivity index (χ0v) is 18.3. The summed E-state index contributed by atoms with van der Waals surface area (Å²) in [4.78, 5) is 31.1. The molecule has 9 heteroatoms. The number of aromatic nitrogens is 2. The van der Waals surface area contributed by atoms with Gasteiger partial charge >= 0.3 is 0 Å². The highest BCUT2D eigenvalue weighted by atomic mass is 32.2. The Kier molecular flexibility index (Phi) is 6.48. The number of carbonyl (C=O) groups excluding carboxylic acids is 1. The van der Waals surface area contributed by atoms with Crippen LogP contribution in [0.25, 0.3) is 0 Å². The third-order valence-corrected chi connectivity index (χ3v) is 7.56. The first kappa shape index (κ1) is 21.4. The third kappa shape index (κ3) is 4.56. The SMILES string of the molecule is CC1Cc2nc(SCC(=O)Nc3ccc(F)cc3F)n(C3CCCCC3)c(=O)c2S1. The van der Waals surface area contributed by atoms with Crippen molar-refractivity contribution in [1.82, 2.24) is 9.55 Å². The monoisotopic (exact) mass is 451 g/mol. The van der Waals surface area contributed by atoms with Gasteiger partial charge in [-0.1, -0.05) is 37.9 Å². The van der Waals surface area contributed by atoms with Crippen LogP contribution in [0.15, 0.2) is 33.0 Å². The molecule has 4 rings (SSSR count). The summed E-state index contributed by atoms with van der Waals surface area (Å²) >= 11 is 2.77. The zero-order valence-electron chi connectivity index (χ0n) is 16.6. The van der Waals surface area contributed by atoms with Crippen LogP contribution >= 0.6 is 23.5 Å². The Morgan fingerprint density at radius 3 is 2.80 bits per heavy atom. The van der Waals surface area contributed by atoms with Crippen molar-refractivity contribution in [2.75, 3.05) is 11.1 Å². The Labute approximate surface area is 182 Å². The van der Waals surface area contributed by atoms with Gasteiger partial charge < -0.3 is 5.32 Å². The van der Waals surface area contributed by atoms with E-state index >= 15 is 0 Å². The number of benzene rings is 1. The van der Waals surface area contributed by atoms with E-state index in [4.69, 9.17) is 4.98 Å². The number of hydrogen-bond donors (Lipinski definition) is 1. The summed E-state index contributed by atoms with van der Waals surface area (Å²) in [6.07, 6.45) is 5.92. The zero-order chi connectivity index (χ0) is 21.3. The highest BCUT2D eigenvalue weighted by Gasteiger charge is 2.29. The largest absolute Gasteiger partial charge is 0.323 e. The summed E-state index contributed by atoms with van der Waals surface area (Å²) in [5.41, 5.74) is 0.726. The van der Waals surface area contributed by atoms with Gasteiger partial charge in [0.2, 0.25) is 5.91 Å². The van der Waals surface area contributed by atoms with E-state index in [0.29, 0.717) is 10.4 Å². The molecule has 1 aliphatic heterocycles. The molecule has 1 atom stereocenters. The molecule has 0 spiro atoms. The summed E-state index contributed by atoms with van der Waals surface area (Å²) in [6, 6.07) is 3.11. The lowest BCUT2D eigenvalue weighted by Crippen LogP contribution is -2.30. The fourth-order valence-electron chi connectivity index (χ4n) is 3.98.